The smallest absolute Gasteiger partial charge is 0.322 e. The summed E-state index contributed by atoms with van der Waals surface area (Å²) >= 11 is 6.17. The second kappa shape index (κ2) is 6.51. The first-order chi connectivity index (χ1) is 12.8. The van der Waals surface area contributed by atoms with E-state index in [1.807, 2.05) is 31.2 Å². The molecule has 0 bridgehead atoms. The van der Waals surface area contributed by atoms with E-state index in [4.69, 9.17) is 11.6 Å². The van der Waals surface area contributed by atoms with Gasteiger partial charge in [-0.25, -0.2) is 4.79 Å². The number of imide groups is 1. The van der Waals surface area contributed by atoms with Crippen molar-refractivity contribution in [2.24, 2.45) is 11.3 Å². The highest BCUT2D eigenvalue weighted by atomic mass is 35.5. The Hall–Kier alpha value is -2.08. The molecule has 1 atom stereocenters. The molecule has 0 radical (unpaired) electrons. The normalized spacial score (nSPS) is 31.3. The number of hydrogen-bond donors (Lipinski definition) is 3. The minimum absolute atomic E-state index is 0.0704. The van der Waals surface area contributed by atoms with Crippen LogP contribution in [-0.4, -0.2) is 23.4 Å². The number of urea groups is 1. The summed E-state index contributed by atoms with van der Waals surface area (Å²) in [5.74, 6) is -0.0153. The lowest BCUT2D eigenvalue weighted by atomic mass is 9.57. The van der Waals surface area contributed by atoms with Crippen LogP contribution in [-0.2, 0) is 9.59 Å². The van der Waals surface area contributed by atoms with E-state index in [0.29, 0.717) is 23.8 Å². The largest absolute Gasteiger partial charge is 0.349 e. The highest BCUT2D eigenvalue weighted by molar-refractivity contribution is 6.30. The first-order valence-electron chi connectivity index (χ1n) is 9.51. The predicted molar refractivity (Wildman–Crippen MR) is 101 cm³/mol. The number of nitrogens with one attached hydrogen (secondary N) is 3. The minimum Gasteiger partial charge on any atom is -0.349 e. The molecular weight excluding hydrogens is 366 g/mol. The van der Waals surface area contributed by atoms with E-state index in [0.717, 1.165) is 18.4 Å². The maximum atomic E-state index is 13.1. The number of rotatable bonds is 4. The molecule has 4 rings (SSSR count). The molecule has 7 heteroatoms. The molecule has 0 unspecified atom stereocenters. The second-order valence-corrected chi connectivity index (χ2v) is 8.89. The van der Waals surface area contributed by atoms with Crippen molar-refractivity contribution in [3.05, 3.63) is 34.9 Å². The lowest BCUT2D eigenvalue weighted by Crippen LogP contribution is -2.65. The van der Waals surface area contributed by atoms with E-state index in [-0.39, 0.29) is 17.9 Å². The van der Waals surface area contributed by atoms with Gasteiger partial charge in [-0.3, -0.25) is 14.9 Å². The number of benzene rings is 1. The fraction of sp³-hybridized carbons (Fsp3) is 0.550. The lowest BCUT2D eigenvalue weighted by Gasteiger charge is -2.49. The van der Waals surface area contributed by atoms with Gasteiger partial charge in [0.1, 0.15) is 5.54 Å². The minimum atomic E-state index is -0.928. The summed E-state index contributed by atoms with van der Waals surface area (Å²) in [5, 5.41) is 8.84. The molecule has 3 aliphatic rings. The van der Waals surface area contributed by atoms with Gasteiger partial charge in [-0.05, 0) is 49.3 Å². The zero-order chi connectivity index (χ0) is 19.2. The quantitative estimate of drug-likeness (QED) is 0.691. The summed E-state index contributed by atoms with van der Waals surface area (Å²) in [5.41, 5.74) is -0.584. The Labute approximate surface area is 163 Å². The van der Waals surface area contributed by atoms with Crippen LogP contribution < -0.4 is 16.0 Å². The van der Waals surface area contributed by atoms with Crippen LogP contribution in [0.3, 0.4) is 0 Å². The third-order valence-corrected chi connectivity index (χ3v) is 6.55. The van der Waals surface area contributed by atoms with Crippen LogP contribution in [0.5, 0.6) is 0 Å². The molecule has 4 amide bonds. The number of halogens is 1. The highest BCUT2D eigenvalue weighted by Gasteiger charge is 2.63. The van der Waals surface area contributed by atoms with E-state index in [2.05, 4.69) is 16.0 Å². The van der Waals surface area contributed by atoms with Crippen molar-refractivity contribution in [1.82, 2.24) is 16.0 Å². The summed E-state index contributed by atoms with van der Waals surface area (Å²) < 4.78 is 0. The molecule has 1 heterocycles. The zero-order valence-corrected chi connectivity index (χ0v) is 16.1. The average molecular weight is 390 g/mol. The molecule has 1 aliphatic heterocycles. The Morgan fingerprint density at radius 2 is 1.96 bits per heavy atom. The average Bonchev–Trinajstić information content (AvgIpc) is 3.20. The fourth-order valence-corrected chi connectivity index (χ4v) is 5.20. The van der Waals surface area contributed by atoms with Crippen LogP contribution in [0.4, 0.5) is 4.79 Å². The van der Waals surface area contributed by atoms with Crippen molar-refractivity contribution in [1.29, 1.82) is 0 Å². The molecule has 27 heavy (non-hydrogen) atoms. The second-order valence-electron chi connectivity index (χ2n) is 8.46. The van der Waals surface area contributed by atoms with Crippen LogP contribution in [0.2, 0.25) is 5.02 Å². The Morgan fingerprint density at radius 3 is 2.56 bits per heavy atom. The van der Waals surface area contributed by atoms with Gasteiger partial charge in [0, 0.05) is 5.02 Å². The SMILES string of the molecule is CC1(C(=O)N[C@H](c2cccc(Cl)c2)C2CCCC2)CC2(C1)NC(=O)NC2=O. The van der Waals surface area contributed by atoms with E-state index < -0.39 is 17.0 Å². The predicted octanol–water partition coefficient (Wildman–Crippen LogP) is 3.07. The molecule has 0 aromatic heterocycles. The van der Waals surface area contributed by atoms with Crippen LogP contribution in [0, 0.1) is 11.3 Å². The van der Waals surface area contributed by atoms with Gasteiger partial charge in [0.05, 0.1) is 11.5 Å². The summed E-state index contributed by atoms with van der Waals surface area (Å²) in [6.45, 7) is 1.86. The highest BCUT2D eigenvalue weighted by Crippen LogP contribution is 2.50. The van der Waals surface area contributed by atoms with E-state index >= 15 is 0 Å². The Morgan fingerprint density at radius 1 is 1.26 bits per heavy atom. The summed E-state index contributed by atoms with van der Waals surface area (Å²) in [6, 6.07) is 7.09. The molecule has 2 saturated carbocycles. The van der Waals surface area contributed by atoms with Crippen molar-refractivity contribution in [2.45, 2.75) is 57.0 Å². The Bertz CT molecular complexity index is 797. The maximum absolute atomic E-state index is 13.1. The van der Waals surface area contributed by atoms with Gasteiger partial charge in [-0.15, -0.1) is 0 Å². The topological polar surface area (TPSA) is 87.3 Å². The molecule has 1 aromatic rings. The molecule has 6 nitrogen and oxygen atoms in total. The van der Waals surface area contributed by atoms with Crippen molar-refractivity contribution in [3.8, 4) is 0 Å². The molecule has 3 N–H and O–H groups in total. The number of carbonyl (C=O) groups is 3. The number of hydrogen-bond acceptors (Lipinski definition) is 3. The van der Waals surface area contributed by atoms with Crippen LogP contribution in [0.1, 0.15) is 57.1 Å². The first kappa shape index (κ1) is 18.3. The van der Waals surface area contributed by atoms with E-state index in [1.165, 1.54) is 12.8 Å². The van der Waals surface area contributed by atoms with Gasteiger partial charge in [-0.1, -0.05) is 43.5 Å². The first-order valence-corrected chi connectivity index (χ1v) is 9.89. The molecule has 2 aliphatic carbocycles. The number of amides is 4. The van der Waals surface area contributed by atoms with Crippen LogP contribution in [0.15, 0.2) is 24.3 Å². The number of carbonyl (C=O) groups excluding carboxylic acids is 3. The zero-order valence-electron chi connectivity index (χ0n) is 15.3. The standard InChI is InChI=1S/C20H24ClN3O3/c1-19(10-20(11-19)17(26)23-18(27)24-20)16(25)22-15(12-5-2-3-6-12)13-7-4-8-14(21)9-13/h4,7-9,12,15H,2-3,5-6,10-11H2,1H3,(H,22,25)(H2,23,24,26,27)/t15-,19?,20?/m0/s1. The van der Waals surface area contributed by atoms with Gasteiger partial charge in [-0.2, -0.15) is 0 Å². The van der Waals surface area contributed by atoms with E-state index in [1.54, 1.807) is 0 Å². The van der Waals surface area contributed by atoms with Gasteiger partial charge < -0.3 is 10.6 Å². The monoisotopic (exact) mass is 389 g/mol. The molecule has 1 spiro atoms. The van der Waals surface area contributed by atoms with Crippen LogP contribution >= 0.6 is 11.6 Å². The molecule has 1 saturated heterocycles. The van der Waals surface area contributed by atoms with Gasteiger partial charge >= 0.3 is 6.03 Å². The van der Waals surface area contributed by atoms with Gasteiger partial charge in [0.25, 0.3) is 5.91 Å². The van der Waals surface area contributed by atoms with Gasteiger partial charge in [0.2, 0.25) is 5.91 Å². The summed E-state index contributed by atoms with van der Waals surface area (Å²) in [7, 11) is 0. The fourth-order valence-electron chi connectivity index (χ4n) is 5.00. The third kappa shape index (κ3) is 3.20. The molecule has 3 fully saturated rings. The Balaban J connectivity index is 1.51. The summed E-state index contributed by atoms with van der Waals surface area (Å²) in [4.78, 5) is 36.6. The van der Waals surface area contributed by atoms with Gasteiger partial charge in [0.15, 0.2) is 0 Å². The molecule has 144 valence electrons. The summed E-state index contributed by atoms with van der Waals surface area (Å²) in [6.07, 6.45) is 5.13. The lowest BCUT2D eigenvalue weighted by molar-refractivity contribution is -0.146. The Kier molecular flexibility index (Phi) is 4.41. The maximum Gasteiger partial charge on any atom is 0.322 e. The van der Waals surface area contributed by atoms with Crippen molar-refractivity contribution < 1.29 is 14.4 Å². The van der Waals surface area contributed by atoms with Crippen molar-refractivity contribution in [3.63, 3.8) is 0 Å². The van der Waals surface area contributed by atoms with Crippen molar-refractivity contribution in [2.75, 3.05) is 0 Å². The van der Waals surface area contributed by atoms with E-state index in [9.17, 15) is 14.4 Å². The van der Waals surface area contributed by atoms with Crippen molar-refractivity contribution >= 4 is 29.4 Å². The molecular formula is C20H24ClN3O3. The van der Waals surface area contributed by atoms with Crippen LogP contribution in [0.25, 0.3) is 0 Å². The third-order valence-electron chi connectivity index (χ3n) is 6.31. The molecule has 1 aromatic carbocycles.